The second-order valence-electron chi connectivity index (χ2n) is 4.99. The van der Waals surface area contributed by atoms with Crippen molar-refractivity contribution in [2.24, 2.45) is 0 Å². The fourth-order valence-corrected chi connectivity index (χ4v) is 2.36. The van der Waals surface area contributed by atoms with Crippen molar-refractivity contribution in [2.45, 2.75) is 6.42 Å². The number of hydrogen-bond acceptors (Lipinski definition) is 5. The lowest BCUT2D eigenvalue weighted by atomic mass is 10.1. The molecule has 0 radical (unpaired) electrons. The van der Waals surface area contributed by atoms with E-state index in [1.807, 2.05) is 6.07 Å². The molecule has 7 heteroatoms. The number of benzene rings is 1. The van der Waals surface area contributed by atoms with Crippen LogP contribution in [0.3, 0.4) is 0 Å². The molecule has 1 aromatic rings. The summed E-state index contributed by atoms with van der Waals surface area (Å²) < 4.78 is 5.31. The highest BCUT2D eigenvalue weighted by Gasteiger charge is 2.13. The van der Waals surface area contributed by atoms with E-state index in [1.54, 1.807) is 6.07 Å². The van der Waals surface area contributed by atoms with Crippen molar-refractivity contribution in [3.63, 3.8) is 0 Å². The summed E-state index contributed by atoms with van der Waals surface area (Å²) in [6, 6.07) is 6.30. The van der Waals surface area contributed by atoms with Gasteiger partial charge in [-0.05, 0) is 6.07 Å². The number of anilines is 1. The van der Waals surface area contributed by atoms with E-state index < -0.39 is 4.92 Å². The van der Waals surface area contributed by atoms with Crippen molar-refractivity contribution < 1.29 is 14.6 Å². The van der Waals surface area contributed by atoms with E-state index in [0.29, 0.717) is 11.3 Å². The molecule has 0 saturated carbocycles. The number of nitro benzene ring substituents is 1. The zero-order valence-corrected chi connectivity index (χ0v) is 11.8. The van der Waals surface area contributed by atoms with Gasteiger partial charge in [0.15, 0.2) is 0 Å². The molecule has 1 saturated heterocycles. The molecule has 7 nitrogen and oxygen atoms in total. The number of ether oxygens (including phenoxy) is 1. The molecule has 0 bridgehead atoms. The summed E-state index contributed by atoms with van der Waals surface area (Å²) in [5, 5.41) is 22.9. The Hall–Kier alpha value is -2.17. The Kier molecular flexibility index (Phi) is 5.49. The maximum Gasteiger partial charge on any atom is 0.270 e. The van der Waals surface area contributed by atoms with E-state index >= 15 is 0 Å². The maximum absolute atomic E-state index is 10.7. The van der Waals surface area contributed by atoms with Crippen LogP contribution in [0.4, 0.5) is 11.4 Å². The molecule has 2 rings (SSSR count). The summed E-state index contributed by atoms with van der Waals surface area (Å²) in [7, 11) is 0. The molecule has 1 aromatic carbocycles. The summed E-state index contributed by atoms with van der Waals surface area (Å²) in [5.74, 6) is 0. The van der Waals surface area contributed by atoms with Crippen LogP contribution < -0.4 is 10.2 Å². The van der Waals surface area contributed by atoms with Crippen molar-refractivity contribution in [1.82, 2.24) is 0 Å². The first-order valence-corrected chi connectivity index (χ1v) is 7.04. The first-order chi connectivity index (χ1) is 10.2. The summed E-state index contributed by atoms with van der Waals surface area (Å²) in [6.45, 7) is 5.54. The van der Waals surface area contributed by atoms with Gasteiger partial charge in [0.2, 0.25) is 0 Å². The molecular weight excluding hydrogens is 272 g/mol. The van der Waals surface area contributed by atoms with Crippen LogP contribution in [0.1, 0.15) is 12.0 Å². The molecule has 1 heterocycles. The molecule has 0 aromatic heterocycles. The zero-order chi connectivity index (χ0) is 15.1. The predicted octanol–water partition coefficient (Wildman–Crippen LogP) is 0.184. The van der Waals surface area contributed by atoms with Crippen LogP contribution in [0.5, 0.6) is 0 Å². The molecule has 0 atom stereocenters. The molecule has 1 fully saturated rings. The number of hydrogen-bond donors (Lipinski definition) is 2. The Morgan fingerprint density at radius 1 is 1.43 bits per heavy atom. The number of nitrogens with one attached hydrogen (secondary N) is 2. The Morgan fingerprint density at radius 3 is 2.86 bits per heavy atom. The molecule has 0 spiro atoms. The van der Waals surface area contributed by atoms with Crippen LogP contribution in [0.25, 0.3) is 0 Å². The lowest BCUT2D eigenvalue weighted by molar-refractivity contribution is -0.908. The molecule has 0 amide bonds. The van der Waals surface area contributed by atoms with E-state index in [0.717, 1.165) is 45.8 Å². The van der Waals surface area contributed by atoms with Crippen LogP contribution in [-0.2, 0) is 4.74 Å². The molecule has 21 heavy (non-hydrogen) atoms. The van der Waals surface area contributed by atoms with Gasteiger partial charge in [0, 0.05) is 25.1 Å². The number of morpholine rings is 1. The van der Waals surface area contributed by atoms with Gasteiger partial charge in [-0.2, -0.15) is 5.26 Å². The second kappa shape index (κ2) is 7.57. The van der Waals surface area contributed by atoms with Gasteiger partial charge in [0.25, 0.3) is 5.69 Å². The summed E-state index contributed by atoms with van der Waals surface area (Å²) >= 11 is 0. The highest BCUT2D eigenvalue weighted by Crippen LogP contribution is 2.21. The Balaban J connectivity index is 1.82. The number of nitrogens with zero attached hydrogens (tertiary/aromatic N) is 2. The van der Waals surface area contributed by atoms with E-state index in [1.165, 1.54) is 17.0 Å². The van der Waals surface area contributed by atoms with Crippen molar-refractivity contribution >= 4 is 11.4 Å². The van der Waals surface area contributed by atoms with Crippen molar-refractivity contribution in [3.8, 4) is 6.07 Å². The molecule has 1 aliphatic rings. The molecule has 112 valence electrons. The molecule has 0 aliphatic carbocycles. The predicted molar refractivity (Wildman–Crippen MR) is 77.3 cm³/mol. The van der Waals surface area contributed by atoms with Gasteiger partial charge < -0.3 is 15.0 Å². The third kappa shape index (κ3) is 4.41. The van der Waals surface area contributed by atoms with E-state index in [4.69, 9.17) is 10.00 Å². The minimum atomic E-state index is -0.494. The third-order valence-electron chi connectivity index (χ3n) is 3.56. The monoisotopic (exact) mass is 291 g/mol. The lowest BCUT2D eigenvalue weighted by Gasteiger charge is -2.23. The number of nitro groups is 1. The van der Waals surface area contributed by atoms with Crippen LogP contribution in [0.2, 0.25) is 0 Å². The lowest BCUT2D eigenvalue weighted by Crippen LogP contribution is -3.14. The summed E-state index contributed by atoms with van der Waals surface area (Å²) in [5.41, 5.74) is 0.901. The number of nitriles is 1. The van der Waals surface area contributed by atoms with E-state index in [2.05, 4.69) is 5.32 Å². The zero-order valence-electron chi connectivity index (χ0n) is 11.8. The van der Waals surface area contributed by atoms with Crippen LogP contribution >= 0.6 is 0 Å². The Morgan fingerprint density at radius 2 is 2.19 bits per heavy atom. The van der Waals surface area contributed by atoms with E-state index in [9.17, 15) is 10.1 Å². The molecule has 1 aliphatic heterocycles. The SMILES string of the molecule is N#Cc1cc([N+](=O)[O-])ccc1NCCC[NH+]1CCOCC1. The molecule has 0 unspecified atom stereocenters. The van der Waals surface area contributed by atoms with Gasteiger partial charge in [-0.1, -0.05) is 0 Å². The largest absolute Gasteiger partial charge is 0.384 e. The van der Waals surface area contributed by atoms with Crippen LogP contribution in [-0.4, -0.2) is 44.3 Å². The topological polar surface area (TPSA) is 92.6 Å². The highest BCUT2D eigenvalue weighted by molar-refractivity contribution is 5.61. The van der Waals surface area contributed by atoms with Crippen molar-refractivity contribution in [1.29, 1.82) is 5.26 Å². The summed E-state index contributed by atoms with van der Waals surface area (Å²) in [6.07, 6.45) is 0.983. The first kappa shape index (κ1) is 15.2. The first-order valence-electron chi connectivity index (χ1n) is 7.04. The quantitative estimate of drug-likeness (QED) is 0.443. The van der Waals surface area contributed by atoms with Crippen molar-refractivity contribution in [2.75, 3.05) is 44.7 Å². The maximum atomic E-state index is 10.7. The van der Waals surface area contributed by atoms with Crippen LogP contribution in [0, 0.1) is 21.4 Å². The normalized spacial score (nSPS) is 15.4. The van der Waals surface area contributed by atoms with Crippen LogP contribution in [0.15, 0.2) is 18.2 Å². The van der Waals surface area contributed by atoms with Crippen molar-refractivity contribution in [3.05, 3.63) is 33.9 Å². The van der Waals surface area contributed by atoms with Gasteiger partial charge in [0.05, 0.1) is 35.9 Å². The minimum absolute atomic E-state index is 0.0603. The van der Waals surface area contributed by atoms with E-state index in [-0.39, 0.29) is 5.69 Å². The highest BCUT2D eigenvalue weighted by atomic mass is 16.6. The molecular formula is C14H19N4O3+. The fraction of sp³-hybridized carbons (Fsp3) is 0.500. The second-order valence-corrected chi connectivity index (χ2v) is 4.99. The average molecular weight is 291 g/mol. The summed E-state index contributed by atoms with van der Waals surface area (Å²) in [4.78, 5) is 11.7. The molecule has 2 N–H and O–H groups in total. The Labute approximate surface area is 123 Å². The fourth-order valence-electron chi connectivity index (χ4n) is 2.36. The van der Waals surface area contributed by atoms with Gasteiger partial charge in [0.1, 0.15) is 19.2 Å². The van der Waals surface area contributed by atoms with Gasteiger partial charge in [-0.25, -0.2) is 0 Å². The third-order valence-corrected chi connectivity index (χ3v) is 3.56. The standard InChI is InChI=1S/C14H18N4O3/c15-11-12-10-13(18(19)20)2-3-14(12)16-4-1-5-17-6-8-21-9-7-17/h2-3,10,16H,1,4-9H2/p+1. The Bertz CT molecular complexity index is 536. The van der Waals surface area contributed by atoms with Gasteiger partial charge >= 0.3 is 0 Å². The van der Waals surface area contributed by atoms with Gasteiger partial charge in [-0.3, -0.25) is 10.1 Å². The minimum Gasteiger partial charge on any atom is -0.384 e. The smallest absolute Gasteiger partial charge is 0.270 e. The average Bonchev–Trinajstić information content (AvgIpc) is 2.52. The number of quaternary nitrogens is 1. The number of rotatable bonds is 6. The number of non-ortho nitro benzene ring substituents is 1. The van der Waals surface area contributed by atoms with Gasteiger partial charge in [-0.15, -0.1) is 0 Å².